The summed E-state index contributed by atoms with van der Waals surface area (Å²) in [4.78, 5) is 11.7. The van der Waals surface area contributed by atoms with E-state index >= 15 is 0 Å². The molecule has 0 aliphatic heterocycles. The second-order valence-corrected chi connectivity index (χ2v) is 4.82. The molecular weight excluding hydrogens is 218 g/mol. The summed E-state index contributed by atoms with van der Waals surface area (Å²) in [5.41, 5.74) is 4.46. The van der Waals surface area contributed by atoms with E-state index in [0.29, 0.717) is 13.0 Å². The molecule has 0 saturated carbocycles. The van der Waals surface area contributed by atoms with Gasteiger partial charge in [-0.1, -0.05) is 13.8 Å². The molecule has 0 bridgehead atoms. The number of hydrogen-bond donors (Lipinski definition) is 1. The molecule has 2 unspecified atom stereocenters. The monoisotopic (exact) mass is 245 g/mol. The molecule has 0 amide bonds. The fourth-order valence-electron chi connectivity index (χ4n) is 1.51. The summed E-state index contributed by atoms with van der Waals surface area (Å²) in [5, 5.41) is 0. The van der Waals surface area contributed by atoms with Crippen molar-refractivity contribution in [1.82, 2.24) is 0 Å². The number of rotatable bonds is 9. The van der Waals surface area contributed by atoms with Gasteiger partial charge in [-0.15, -0.1) is 0 Å². The molecule has 0 aliphatic rings. The lowest BCUT2D eigenvalue weighted by Crippen LogP contribution is -2.43. The Morgan fingerprint density at radius 2 is 1.82 bits per heavy atom. The Morgan fingerprint density at radius 1 is 1.24 bits per heavy atom. The third-order valence-electron chi connectivity index (χ3n) is 3.74. The molecule has 2 N–H and O–H groups in total. The maximum atomic E-state index is 11.7. The first kappa shape index (κ1) is 16.6. The van der Waals surface area contributed by atoms with Gasteiger partial charge in [0.05, 0.1) is 18.8 Å². The fourth-order valence-corrected chi connectivity index (χ4v) is 1.51. The number of ketones is 1. The Balaban J connectivity index is 4.30. The lowest BCUT2D eigenvalue weighted by molar-refractivity contribution is -0.144. The number of nitrogens with two attached hydrogens (primary N) is 1. The molecule has 0 aromatic heterocycles. The largest absolute Gasteiger partial charge is 0.378 e. The SMILES string of the molecule is CCC(C)(CCOC(C)(CC)C(=O)CN)OC. The van der Waals surface area contributed by atoms with Gasteiger partial charge < -0.3 is 15.2 Å². The minimum Gasteiger partial charge on any atom is -0.378 e. The van der Waals surface area contributed by atoms with E-state index in [9.17, 15) is 4.79 Å². The zero-order valence-electron chi connectivity index (χ0n) is 11.8. The van der Waals surface area contributed by atoms with Gasteiger partial charge in [-0.2, -0.15) is 0 Å². The quantitative estimate of drug-likeness (QED) is 0.674. The minimum atomic E-state index is -0.753. The average Bonchev–Trinajstić information content (AvgIpc) is 2.37. The van der Waals surface area contributed by atoms with Crippen LogP contribution in [0.4, 0.5) is 0 Å². The Bertz CT molecular complexity index is 239. The Kier molecular flexibility index (Phi) is 6.90. The molecule has 0 radical (unpaired) electrons. The first-order valence-corrected chi connectivity index (χ1v) is 6.30. The number of hydrogen-bond acceptors (Lipinski definition) is 4. The predicted octanol–water partition coefficient (Wildman–Crippen LogP) is 1.90. The van der Waals surface area contributed by atoms with Crippen molar-refractivity contribution in [2.75, 3.05) is 20.3 Å². The summed E-state index contributed by atoms with van der Waals surface area (Å²) in [6.07, 6.45) is 2.33. The van der Waals surface area contributed by atoms with Gasteiger partial charge >= 0.3 is 0 Å². The second-order valence-electron chi connectivity index (χ2n) is 4.82. The summed E-state index contributed by atoms with van der Waals surface area (Å²) in [7, 11) is 1.70. The van der Waals surface area contributed by atoms with Crippen molar-refractivity contribution in [2.24, 2.45) is 5.73 Å². The number of Topliss-reactive ketones (excluding diaryl/α,β-unsaturated/α-hetero) is 1. The summed E-state index contributed by atoms with van der Waals surface area (Å²) in [6.45, 7) is 8.40. The topological polar surface area (TPSA) is 61.5 Å². The normalized spacial score (nSPS) is 18.5. The van der Waals surface area contributed by atoms with Gasteiger partial charge in [0.2, 0.25) is 0 Å². The van der Waals surface area contributed by atoms with E-state index in [-0.39, 0.29) is 17.9 Å². The van der Waals surface area contributed by atoms with Crippen LogP contribution in [0, 0.1) is 0 Å². The van der Waals surface area contributed by atoms with Gasteiger partial charge in [-0.3, -0.25) is 4.79 Å². The third-order valence-corrected chi connectivity index (χ3v) is 3.74. The van der Waals surface area contributed by atoms with Crippen LogP contribution in [0.1, 0.15) is 47.0 Å². The van der Waals surface area contributed by atoms with Crippen LogP contribution in [-0.2, 0) is 14.3 Å². The first-order valence-electron chi connectivity index (χ1n) is 6.30. The number of ether oxygens (including phenoxy) is 2. The van der Waals surface area contributed by atoms with Crippen LogP contribution in [0.15, 0.2) is 0 Å². The van der Waals surface area contributed by atoms with E-state index in [1.54, 1.807) is 14.0 Å². The lowest BCUT2D eigenvalue weighted by Gasteiger charge is -2.31. The number of carbonyl (C=O) groups is 1. The van der Waals surface area contributed by atoms with Crippen molar-refractivity contribution in [1.29, 1.82) is 0 Å². The number of carbonyl (C=O) groups excluding carboxylic acids is 1. The van der Waals surface area contributed by atoms with Crippen LogP contribution in [0.3, 0.4) is 0 Å². The van der Waals surface area contributed by atoms with Gasteiger partial charge in [-0.25, -0.2) is 0 Å². The molecule has 2 atom stereocenters. The van der Waals surface area contributed by atoms with Gasteiger partial charge in [0, 0.05) is 7.11 Å². The lowest BCUT2D eigenvalue weighted by atomic mass is 9.96. The van der Waals surface area contributed by atoms with Crippen LogP contribution < -0.4 is 5.73 Å². The zero-order chi connectivity index (χ0) is 13.5. The van der Waals surface area contributed by atoms with Crippen LogP contribution in [0.25, 0.3) is 0 Å². The highest BCUT2D eigenvalue weighted by atomic mass is 16.5. The maximum Gasteiger partial charge on any atom is 0.177 e. The third kappa shape index (κ3) is 4.74. The van der Waals surface area contributed by atoms with Crippen molar-refractivity contribution >= 4 is 5.78 Å². The molecule has 0 rings (SSSR count). The van der Waals surface area contributed by atoms with Crippen LogP contribution in [-0.4, -0.2) is 37.2 Å². The molecule has 0 heterocycles. The first-order chi connectivity index (χ1) is 7.87. The minimum absolute atomic E-state index is 0.0274. The number of methoxy groups -OCH3 is 1. The Labute approximate surface area is 105 Å². The molecule has 17 heavy (non-hydrogen) atoms. The van der Waals surface area contributed by atoms with Gasteiger partial charge in [0.1, 0.15) is 5.60 Å². The fraction of sp³-hybridized carbons (Fsp3) is 0.923. The van der Waals surface area contributed by atoms with Crippen LogP contribution in [0.2, 0.25) is 0 Å². The Hall–Kier alpha value is -0.450. The molecule has 0 spiro atoms. The summed E-state index contributed by atoms with van der Waals surface area (Å²) < 4.78 is 11.2. The molecule has 4 heteroatoms. The van der Waals surface area contributed by atoms with E-state index in [1.165, 1.54) is 0 Å². The van der Waals surface area contributed by atoms with E-state index in [1.807, 2.05) is 13.8 Å². The smallest absolute Gasteiger partial charge is 0.177 e. The van der Waals surface area contributed by atoms with Crippen LogP contribution >= 0.6 is 0 Å². The molecule has 4 nitrogen and oxygen atoms in total. The Morgan fingerprint density at radius 3 is 2.18 bits per heavy atom. The van der Waals surface area contributed by atoms with Crippen molar-refractivity contribution < 1.29 is 14.3 Å². The molecule has 0 aromatic carbocycles. The van der Waals surface area contributed by atoms with Crippen LogP contribution in [0.5, 0.6) is 0 Å². The molecule has 0 fully saturated rings. The van der Waals surface area contributed by atoms with Crippen molar-refractivity contribution in [2.45, 2.75) is 58.2 Å². The van der Waals surface area contributed by atoms with Gasteiger partial charge in [-0.05, 0) is 33.1 Å². The molecule has 0 aliphatic carbocycles. The second kappa shape index (κ2) is 7.09. The standard InChI is InChI=1S/C13H27NO3/c1-6-12(3,16-5)8-9-17-13(4,7-2)11(15)10-14/h6-10,14H2,1-5H3. The highest BCUT2D eigenvalue weighted by molar-refractivity contribution is 5.88. The summed E-state index contributed by atoms with van der Waals surface area (Å²) in [6, 6.07) is 0. The molecular formula is C13H27NO3. The molecule has 0 aromatic rings. The van der Waals surface area contributed by atoms with Crippen molar-refractivity contribution in [3.63, 3.8) is 0 Å². The van der Waals surface area contributed by atoms with E-state index in [2.05, 4.69) is 6.92 Å². The zero-order valence-corrected chi connectivity index (χ0v) is 11.8. The van der Waals surface area contributed by atoms with E-state index in [0.717, 1.165) is 12.8 Å². The highest BCUT2D eigenvalue weighted by Crippen LogP contribution is 2.22. The van der Waals surface area contributed by atoms with Crippen molar-refractivity contribution in [3.8, 4) is 0 Å². The molecule has 0 saturated heterocycles. The van der Waals surface area contributed by atoms with Crippen molar-refractivity contribution in [3.05, 3.63) is 0 Å². The maximum absolute atomic E-state index is 11.7. The van der Waals surface area contributed by atoms with Gasteiger partial charge in [0.25, 0.3) is 0 Å². The summed E-state index contributed by atoms with van der Waals surface area (Å²) in [5.74, 6) is -0.0457. The molecule has 102 valence electrons. The van der Waals surface area contributed by atoms with E-state index in [4.69, 9.17) is 15.2 Å². The predicted molar refractivity (Wildman–Crippen MR) is 69.0 cm³/mol. The van der Waals surface area contributed by atoms with E-state index < -0.39 is 5.60 Å². The summed E-state index contributed by atoms with van der Waals surface area (Å²) >= 11 is 0. The highest BCUT2D eigenvalue weighted by Gasteiger charge is 2.31. The average molecular weight is 245 g/mol. The van der Waals surface area contributed by atoms with Gasteiger partial charge in [0.15, 0.2) is 5.78 Å².